The van der Waals surface area contributed by atoms with Gasteiger partial charge in [-0.1, -0.05) is 28.9 Å². The van der Waals surface area contributed by atoms with Crippen LogP contribution in [0.4, 0.5) is 0 Å². The second kappa shape index (κ2) is 4.61. The fourth-order valence-corrected chi connectivity index (χ4v) is 2.04. The minimum absolute atomic E-state index is 0.0218. The smallest absolute Gasteiger partial charge is 0.220 e. The van der Waals surface area contributed by atoms with Crippen molar-refractivity contribution in [2.24, 2.45) is 5.92 Å². The van der Waals surface area contributed by atoms with E-state index < -0.39 is 0 Å². The Morgan fingerprint density at radius 3 is 3.00 bits per heavy atom. The van der Waals surface area contributed by atoms with Gasteiger partial charge in [-0.3, -0.25) is 4.79 Å². The van der Waals surface area contributed by atoms with E-state index in [0.29, 0.717) is 5.92 Å². The quantitative estimate of drug-likeness (QED) is 0.754. The molecule has 0 saturated carbocycles. The number of halogens is 1. The second-order valence-corrected chi connectivity index (χ2v) is 4.25. The Morgan fingerprint density at radius 1 is 1.77 bits per heavy atom. The second-order valence-electron chi connectivity index (χ2n) is 3.40. The zero-order valence-electron chi connectivity index (χ0n) is 7.93. The van der Waals surface area contributed by atoms with E-state index in [1.54, 1.807) is 6.20 Å². The highest BCUT2D eigenvalue weighted by Crippen LogP contribution is 2.30. The van der Waals surface area contributed by atoms with E-state index in [1.165, 1.54) is 12.5 Å². The molecule has 1 amide bonds. The summed E-state index contributed by atoms with van der Waals surface area (Å²) in [6.07, 6.45) is 6.14. The predicted molar refractivity (Wildman–Crippen MR) is 57.3 cm³/mol. The van der Waals surface area contributed by atoms with E-state index in [0.717, 1.165) is 17.3 Å². The first kappa shape index (κ1) is 10.5. The van der Waals surface area contributed by atoms with Crippen LogP contribution in [0.2, 0.25) is 0 Å². The first-order valence-corrected chi connectivity index (χ1v) is 5.22. The Bertz CT molecular complexity index is 268. The van der Waals surface area contributed by atoms with Gasteiger partial charge in [0, 0.05) is 17.6 Å². The van der Waals surface area contributed by atoms with Crippen LogP contribution in [0.1, 0.15) is 26.7 Å². The average Bonchev–Trinajstić information content (AvgIpc) is 2.02. The largest absolute Gasteiger partial charge is 0.333 e. The van der Waals surface area contributed by atoms with E-state index in [1.807, 2.05) is 0 Å². The number of hydrogen-bond acceptors (Lipinski definition) is 1. The van der Waals surface area contributed by atoms with Crippen molar-refractivity contribution in [3.8, 4) is 0 Å². The Hall–Kier alpha value is -0.570. The highest BCUT2D eigenvalue weighted by atomic mass is 79.9. The molecule has 0 aromatic rings. The average molecular weight is 244 g/mol. The van der Waals surface area contributed by atoms with Crippen LogP contribution in [0.15, 0.2) is 22.3 Å². The molecule has 0 fully saturated rings. The molecule has 1 unspecified atom stereocenters. The molecule has 13 heavy (non-hydrogen) atoms. The Labute approximate surface area is 87.2 Å². The molecule has 0 aliphatic heterocycles. The molecule has 3 heteroatoms. The van der Waals surface area contributed by atoms with E-state index in [4.69, 9.17) is 0 Å². The van der Waals surface area contributed by atoms with Crippen LogP contribution < -0.4 is 5.32 Å². The highest BCUT2D eigenvalue weighted by Gasteiger charge is 2.12. The van der Waals surface area contributed by atoms with Gasteiger partial charge < -0.3 is 5.32 Å². The number of hydrogen-bond donors (Lipinski definition) is 1. The number of allylic oxidation sites excluding steroid dienone is 3. The summed E-state index contributed by atoms with van der Waals surface area (Å²) in [4.78, 5) is 10.7. The molecule has 72 valence electrons. The van der Waals surface area contributed by atoms with Crippen LogP contribution in [0, 0.1) is 5.92 Å². The van der Waals surface area contributed by atoms with Crippen molar-refractivity contribution >= 4 is 21.8 Å². The van der Waals surface area contributed by atoms with E-state index in [-0.39, 0.29) is 5.91 Å². The van der Waals surface area contributed by atoms with Gasteiger partial charge in [-0.05, 0) is 24.3 Å². The molecule has 1 atom stereocenters. The summed E-state index contributed by atoms with van der Waals surface area (Å²) < 4.78 is 1.11. The molecule has 0 heterocycles. The molecular weight excluding hydrogens is 230 g/mol. The molecule has 1 N–H and O–H groups in total. The van der Waals surface area contributed by atoms with Crippen LogP contribution in [0.25, 0.3) is 0 Å². The number of rotatable bonds is 1. The lowest BCUT2D eigenvalue weighted by atomic mass is 9.94. The van der Waals surface area contributed by atoms with E-state index in [9.17, 15) is 4.79 Å². The zero-order chi connectivity index (χ0) is 9.84. The molecule has 0 radical (unpaired) electrons. The third kappa shape index (κ3) is 3.35. The number of carbonyl (C=O) groups is 1. The summed E-state index contributed by atoms with van der Waals surface area (Å²) in [6.45, 7) is 3.70. The maximum Gasteiger partial charge on any atom is 0.220 e. The van der Waals surface area contributed by atoms with Crippen molar-refractivity contribution in [3.63, 3.8) is 0 Å². The van der Waals surface area contributed by atoms with Crippen LogP contribution in [0.3, 0.4) is 0 Å². The summed E-state index contributed by atoms with van der Waals surface area (Å²) in [5.41, 5.74) is 1.17. The summed E-state index contributed by atoms with van der Waals surface area (Å²) in [7, 11) is 0. The summed E-state index contributed by atoms with van der Waals surface area (Å²) in [5, 5.41) is 2.69. The molecule has 0 bridgehead atoms. The fraction of sp³-hybridized carbons (Fsp3) is 0.500. The molecule has 0 spiro atoms. The van der Waals surface area contributed by atoms with Crippen molar-refractivity contribution in [1.82, 2.24) is 5.32 Å². The summed E-state index contributed by atoms with van der Waals surface area (Å²) >= 11 is 3.49. The van der Waals surface area contributed by atoms with Gasteiger partial charge in [0.15, 0.2) is 0 Å². The molecule has 1 aliphatic rings. The molecule has 0 aromatic heterocycles. The van der Waals surface area contributed by atoms with Crippen LogP contribution in [-0.2, 0) is 4.79 Å². The Kier molecular flexibility index (Phi) is 3.72. The van der Waals surface area contributed by atoms with Gasteiger partial charge in [-0.25, -0.2) is 0 Å². The van der Waals surface area contributed by atoms with Gasteiger partial charge in [-0.15, -0.1) is 0 Å². The van der Waals surface area contributed by atoms with Crippen molar-refractivity contribution in [1.29, 1.82) is 0 Å². The molecule has 0 aromatic carbocycles. The van der Waals surface area contributed by atoms with Gasteiger partial charge in [0.2, 0.25) is 5.91 Å². The summed E-state index contributed by atoms with van der Waals surface area (Å²) in [6, 6.07) is 0. The maximum atomic E-state index is 10.7. The number of amides is 1. The highest BCUT2D eigenvalue weighted by molar-refractivity contribution is 9.12. The van der Waals surface area contributed by atoms with Gasteiger partial charge >= 0.3 is 0 Å². The van der Waals surface area contributed by atoms with Gasteiger partial charge in [-0.2, -0.15) is 0 Å². The third-order valence-electron chi connectivity index (χ3n) is 2.06. The Balaban J connectivity index is 2.66. The van der Waals surface area contributed by atoms with Crippen LogP contribution in [0.5, 0.6) is 0 Å². The Morgan fingerprint density at radius 2 is 2.46 bits per heavy atom. The number of carbonyl (C=O) groups excluding carboxylic acids is 1. The van der Waals surface area contributed by atoms with Crippen LogP contribution >= 0.6 is 15.9 Å². The van der Waals surface area contributed by atoms with Crippen LogP contribution in [-0.4, -0.2) is 5.91 Å². The van der Waals surface area contributed by atoms with Gasteiger partial charge in [0.1, 0.15) is 0 Å². The molecular formula is C10H14BrNO. The van der Waals surface area contributed by atoms with Crippen molar-refractivity contribution in [2.45, 2.75) is 26.7 Å². The predicted octanol–water partition coefficient (Wildman–Crippen LogP) is 2.72. The van der Waals surface area contributed by atoms with Crippen molar-refractivity contribution < 1.29 is 4.79 Å². The first-order chi connectivity index (χ1) is 6.09. The normalized spacial score (nSPS) is 25.6. The molecule has 2 nitrogen and oxygen atoms in total. The lowest BCUT2D eigenvalue weighted by Gasteiger charge is -2.17. The topological polar surface area (TPSA) is 29.1 Å². The minimum atomic E-state index is -0.0218. The van der Waals surface area contributed by atoms with Gasteiger partial charge in [0.05, 0.1) is 0 Å². The zero-order valence-corrected chi connectivity index (χ0v) is 9.52. The van der Waals surface area contributed by atoms with Gasteiger partial charge in [0.25, 0.3) is 0 Å². The standard InChI is InChI=1S/C10H14BrNO/c1-7-3-4-9(10(11)5-7)6-12-8(2)13/h5-7H,3-4H2,1-2H3,(H,12,13)/b9-6+. The minimum Gasteiger partial charge on any atom is -0.333 e. The van der Waals surface area contributed by atoms with Crippen molar-refractivity contribution in [3.05, 3.63) is 22.3 Å². The number of nitrogens with one attached hydrogen (secondary N) is 1. The lowest BCUT2D eigenvalue weighted by Crippen LogP contribution is -2.14. The van der Waals surface area contributed by atoms with Crippen molar-refractivity contribution in [2.75, 3.05) is 0 Å². The third-order valence-corrected chi connectivity index (χ3v) is 2.83. The fourth-order valence-electron chi connectivity index (χ4n) is 1.27. The molecule has 0 saturated heterocycles. The molecule has 1 rings (SSSR count). The van der Waals surface area contributed by atoms with E-state index in [2.05, 4.69) is 34.2 Å². The first-order valence-electron chi connectivity index (χ1n) is 4.43. The maximum absolute atomic E-state index is 10.7. The SMILES string of the molecule is CC(=O)N/C=C1\CCC(C)C=C1Br. The molecule has 1 aliphatic carbocycles. The lowest BCUT2D eigenvalue weighted by molar-refractivity contribution is -0.118. The summed E-state index contributed by atoms with van der Waals surface area (Å²) in [5.74, 6) is 0.607. The monoisotopic (exact) mass is 243 g/mol. The van der Waals surface area contributed by atoms with E-state index >= 15 is 0 Å².